The van der Waals surface area contributed by atoms with Crippen molar-refractivity contribution < 1.29 is 28.9 Å². The highest BCUT2D eigenvalue weighted by atomic mass is 31.1. The Morgan fingerprint density at radius 2 is 1.06 bits per heavy atom. The first kappa shape index (κ1) is 40.5. The van der Waals surface area contributed by atoms with Gasteiger partial charge in [-0.25, -0.2) is 8.78 Å². The molecule has 4 unspecified atom stereocenters. The number of rotatable bonds is 2. The molecule has 8 rings (SSSR count). The summed E-state index contributed by atoms with van der Waals surface area (Å²) >= 11 is 0. The van der Waals surface area contributed by atoms with Gasteiger partial charge in [0.25, 0.3) is 0 Å². The molecule has 51 heavy (non-hydrogen) atoms. The number of halogens is 2. The minimum atomic E-state index is -1.07. The first-order valence-electron chi connectivity index (χ1n) is 21.4. The second-order valence-corrected chi connectivity index (χ2v) is 21.8. The van der Waals surface area contributed by atoms with Crippen molar-refractivity contribution in [3.05, 3.63) is 0 Å². The molecule has 0 bridgehead atoms. The van der Waals surface area contributed by atoms with Gasteiger partial charge in [0.05, 0.1) is 17.3 Å². The monoisotopic (exact) mass is 737 g/mol. The first-order chi connectivity index (χ1) is 23.8. The van der Waals surface area contributed by atoms with Gasteiger partial charge in [-0.2, -0.15) is 0 Å². The summed E-state index contributed by atoms with van der Waals surface area (Å²) in [5, 5.41) is 31.1. The molecule has 8 aliphatic carbocycles. The molecule has 8 saturated carbocycles. The molecule has 17 atom stereocenters. The number of fused-ring (bicyclic) bond motifs is 10. The third kappa shape index (κ3) is 6.98. The number of hydrogen-bond donors (Lipinski definition) is 3. The molecule has 0 aromatic heterocycles. The average Bonchev–Trinajstić information content (AvgIpc) is 3.59. The van der Waals surface area contributed by atoms with Gasteiger partial charge in [0.1, 0.15) is 17.1 Å². The van der Waals surface area contributed by atoms with Gasteiger partial charge in [-0.3, -0.25) is 4.79 Å². The maximum atomic E-state index is 16.2. The van der Waals surface area contributed by atoms with Crippen molar-refractivity contribution in [2.75, 3.05) is 13.3 Å². The summed E-state index contributed by atoms with van der Waals surface area (Å²) in [7, 11) is 1.08. The normalized spacial score (nSPS) is 54.7. The Labute approximate surface area is 311 Å². The van der Waals surface area contributed by atoms with E-state index < -0.39 is 22.5 Å². The van der Waals surface area contributed by atoms with Crippen molar-refractivity contribution in [2.45, 2.75) is 186 Å². The van der Waals surface area contributed by atoms with Gasteiger partial charge in [-0.1, -0.05) is 13.8 Å². The smallest absolute Gasteiger partial charge is 0.133 e. The summed E-state index contributed by atoms with van der Waals surface area (Å²) in [6.45, 7) is 16.5. The summed E-state index contributed by atoms with van der Waals surface area (Å²) in [6, 6.07) is 0. The summed E-state index contributed by atoms with van der Waals surface area (Å²) in [6.07, 6.45) is 15.8. The zero-order chi connectivity index (χ0) is 37.4. The highest BCUT2D eigenvalue weighted by Gasteiger charge is 2.65. The second kappa shape index (κ2) is 14.4. The van der Waals surface area contributed by atoms with Crippen LogP contribution in [-0.2, 0) is 4.79 Å². The SMILES string of the molecule is CC(=O)[C@H]1CC[C@H]2[C@@H]3CC[C@@H]4C[C@](C)(O)CC[C@]4(F)C3CC[C@]12C.CC(O)C1CC[C@H]2[C@@H]3CC[C@@H]4C[C@](C)(O)CC[C@]4(F)C3CC[C@]12C.CPC. The largest absolute Gasteiger partial charge is 0.393 e. The highest BCUT2D eigenvalue weighted by molar-refractivity contribution is 7.35. The Hall–Kier alpha value is -0.160. The van der Waals surface area contributed by atoms with E-state index >= 15 is 8.78 Å². The summed E-state index contributed by atoms with van der Waals surface area (Å²) in [5.74, 6) is 3.46. The lowest BCUT2D eigenvalue weighted by molar-refractivity contribution is -0.166. The van der Waals surface area contributed by atoms with E-state index in [0.717, 1.165) is 79.2 Å². The lowest BCUT2D eigenvalue weighted by Crippen LogP contribution is -2.58. The van der Waals surface area contributed by atoms with Crippen LogP contribution < -0.4 is 0 Å². The van der Waals surface area contributed by atoms with Gasteiger partial charge in [-0.15, -0.1) is 8.58 Å². The molecule has 4 nitrogen and oxygen atoms in total. The number of Topliss-reactive ketones (excluding diaryl/α,β-unsaturated/α-hetero) is 1. The van der Waals surface area contributed by atoms with Crippen LogP contribution in [0.5, 0.6) is 0 Å². The van der Waals surface area contributed by atoms with Gasteiger partial charge in [0.15, 0.2) is 0 Å². The zero-order valence-corrected chi connectivity index (χ0v) is 34.6. The predicted octanol–water partition coefficient (Wildman–Crippen LogP) is 10.1. The molecule has 3 N–H and O–H groups in total. The molecule has 0 aliphatic heterocycles. The first-order valence-corrected chi connectivity index (χ1v) is 23.4. The van der Waals surface area contributed by atoms with Crippen molar-refractivity contribution in [1.82, 2.24) is 0 Å². The molecule has 0 aromatic carbocycles. The topological polar surface area (TPSA) is 77.8 Å². The van der Waals surface area contributed by atoms with E-state index in [9.17, 15) is 20.1 Å². The molecule has 0 heterocycles. The molecule has 294 valence electrons. The Morgan fingerprint density at radius 1 is 0.627 bits per heavy atom. The average molecular weight is 737 g/mol. The van der Waals surface area contributed by atoms with Crippen molar-refractivity contribution in [3.63, 3.8) is 0 Å². The molecular formula is C44H75F2O4P. The van der Waals surface area contributed by atoms with E-state index in [2.05, 4.69) is 27.2 Å². The van der Waals surface area contributed by atoms with Gasteiger partial charge in [0.2, 0.25) is 0 Å². The van der Waals surface area contributed by atoms with Gasteiger partial charge in [-0.05, 0) is 221 Å². The maximum absolute atomic E-state index is 16.2. The highest BCUT2D eigenvalue weighted by Crippen LogP contribution is 2.68. The third-order valence-electron chi connectivity index (χ3n) is 17.8. The van der Waals surface area contributed by atoms with Crippen molar-refractivity contribution in [1.29, 1.82) is 0 Å². The van der Waals surface area contributed by atoms with Crippen LogP contribution in [-0.4, -0.2) is 63.1 Å². The lowest BCUT2D eigenvalue weighted by Gasteiger charge is -2.59. The number of alkyl halides is 2. The van der Waals surface area contributed by atoms with Crippen LogP contribution in [0.2, 0.25) is 0 Å². The summed E-state index contributed by atoms with van der Waals surface area (Å²) in [5.41, 5.74) is -3.14. The quantitative estimate of drug-likeness (QED) is 0.247. The van der Waals surface area contributed by atoms with Crippen molar-refractivity contribution >= 4 is 14.4 Å². The fourth-order valence-electron chi connectivity index (χ4n) is 15.5. The summed E-state index contributed by atoms with van der Waals surface area (Å²) < 4.78 is 32.3. The van der Waals surface area contributed by atoms with Crippen LogP contribution in [0.15, 0.2) is 0 Å². The lowest BCUT2D eigenvalue weighted by atomic mass is 9.47. The maximum Gasteiger partial charge on any atom is 0.133 e. The molecule has 0 aromatic rings. The fourth-order valence-corrected chi connectivity index (χ4v) is 15.5. The van der Waals surface area contributed by atoms with Crippen LogP contribution in [0.4, 0.5) is 8.78 Å². The van der Waals surface area contributed by atoms with E-state index in [1.165, 1.54) is 6.42 Å². The molecule has 0 amide bonds. The molecule has 0 saturated heterocycles. The van der Waals surface area contributed by atoms with Crippen LogP contribution in [0.1, 0.15) is 157 Å². The number of hydrogen-bond acceptors (Lipinski definition) is 4. The standard InChI is InChI=1S/C21H35FO2.C21H33FO2.C2H7P/c2*1-13(23)16-6-7-17-15-5-4-14-12-19(2,24)10-11-21(14,22)18(15)8-9-20(16,17)3;1-3-2/h13-18,23-24H,4-12H2,1-3H3;14-18,24H,4-12H2,1-3H3;3H,1-2H3/t13?,14-,15+,16?,17+,18?,19-,20-,21-;14-,15+,16-,17+,18?,19-,20-,21-;/m11./s1. The molecule has 8 aliphatic rings. The molecule has 0 radical (unpaired) electrons. The van der Waals surface area contributed by atoms with Gasteiger partial charge in [0, 0.05) is 5.92 Å². The number of carbonyl (C=O) groups excluding carboxylic acids is 1. The minimum Gasteiger partial charge on any atom is -0.393 e. The Bertz CT molecular complexity index is 1260. The van der Waals surface area contributed by atoms with Crippen LogP contribution in [0.3, 0.4) is 0 Å². The van der Waals surface area contributed by atoms with E-state index in [4.69, 9.17) is 0 Å². The number of carbonyl (C=O) groups is 1. The molecule has 0 spiro atoms. The van der Waals surface area contributed by atoms with Crippen LogP contribution >= 0.6 is 8.58 Å². The van der Waals surface area contributed by atoms with Crippen LogP contribution in [0.25, 0.3) is 0 Å². The zero-order valence-electron chi connectivity index (χ0n) is 33.6. The molecule has 8 fully saturated rings. The van der Waals surface area contributed by atoms with Gasteiger partial charge < -0.3 is 15.3 Å². The minimum absolute atomic E-state index is 0.0388. The number of ketones is 1. The van der Waals surface area contributed by atoms with E-state index in [1.807, 2.05) is 20.8 Å². The number of aliphatic hydroxyl groups is 3. The second-order valence-electron chi connectivity index (χ2n) is 20.8. The number of aliphatic hydroxyl groups excluding tert-OH is 1. The van der Waals surface area contributed by atoms with E-state index in [0.29, 0.717) is 73.9 Å². The third-order valence-corrected chi connectivity index (χ3v) is 17.8. The molecule has 7 heteroatoms. The van der Waals surface area contributed by atoms with Crippen LogP contribution in [0, 0.1) is 70.0 Å². The summed E-state index contributed by atoms with van der Waals surface area (Å²) in [4.78, 5) is 12.1. The van der Waals surface area contributed by atoms with Gasteiger partial charge >= 0.3 is 0 Å². The Kier molecular flexibility index (Phi) is 11.4. The van der Waals surface area contributed by atoms with E-state index in [-0.39, 0.29) is 46.5 Å². The predicted molar refractivity (Wildman–Crippen MR) is 206 cm³/mol. The molecular weight excluding hydrogens is 661 g/mol. The Morgan fingerprint density at radius 3 is 1.51 bits per heavy atom. The Balaban J connectivity index is 0.000000163. The van der Waals surface area contributed by atoms with Crippen molar-refractivity contribution in [2.24, 2.45) is 70.0 Å². The van der Waals surface area contributed by atoms with Crippen molar-refractivity contribution in [3.8, 4) is 0 Å². The van der Waals surface area contributed by atoms with E-state index in [1.54, 1.807) is 6.92 Å². The fraction of sp³-hybridized carbons (Fsp3) is 0.977.